The van der Waals surface area contributed by atoms with Crippen molar-refractivity contribution in [1.82, 2.24) is 5.16 Å². The predicted molar refractivity (Wildman–Crippen MR) is 106 cm³/mol. The predicted octanol–water partition coefficient (Wildman–Crippen LogP) is 3.86. The second kappa shape index (κ2) is 7.83. The van der Waals surface area contributed by atoms with E-state index in [-0.39, 0.29) is 18.3 Å². The van der Waals surface area contributed by atoms with E-state index < -0.39 is 5.63 Å². The molecule has 0 N–H and O–H groups in total. The zero-order valence-corrected chi connectivity index (χ0v) is 16.7. The molecule has 0 spiro atoms. The molecule has 0 unspecified atom stereocenters. The van der Waals surface area contributed by atoms with Gasteiger partial charge in [-0.3, -0.25) is 4.79 Å². The normalized spacial score (nSPS) is 13.1. The Hall–Kier alpha value is -2.54. The average Bonchev–Trinajstić information content (AvgIpc) is 3.25. The molecule has 0 amide bonds. The number of esters is 1. The number of hydrogen-bond acceptors (Lipinski definition) is 7. The maximum Gasteiger partial charge on any atom is 0.336 e. The van der Waals surface area contributed by atoms with Gasteiger partial charge in [-0.05, 0) is 56.4 Å². The van der Waals surface area contributed by atoms with Gasteiger partial charge in [0.05, 0.1) is 11.4 Å². The zero-order valence-electron chi connectivity index (χ0n) is 15.9. The second-order valence-electron chi connectivity index (χ2n) is 7.02. The van der Waals surface area contributed by atoms with Gasteiger partial charge in [0.25, 0.3) is 0 Å². The van der Waals surface area contributed by atoms with Crippen LogP contribution in [0.25, 0.3) is 11.0 Å². The topological polar surface area (TPSA) is 82.5 Å². The highest BCUT2D eigenvalue weighted by Gasteiger charge is 2.16. The molecule has 0 bridgehead atoms. The van der Waals surface area contributed by atoms with Crippen molar-refractivity contribution in [2.24, 2.45) is 0 Å². The van der Waals surface area contributed by atoms with Crippen molar-refractivity contribution in [2.45, 2.75) is 45.5 Å². The first-order valence-corrected chi connectivity index (χ1v) is 10.4. The molecule has 146 valence electrons. The van der Waals surface area contributed by atoms with Gasteiger partial charge in [-0.15, -0.1) is 11.8 Å². The van der Waals surface area contributed by atoms with Crippen LogP contribution in [-0.2, 0) is 34.7 Å². The van der Waals surface area contributed by atoms with Gasteiger partial charge in [-0.25, -0.2) is 4.79 Å². The van der Waals surface area contributed by atoms with Crippen molar-refractivity contribution in [1.29, 1.82) is 0 Å². The molecule has 2 heterocycles. The molecule has 7 heteroatoms. The van der Waals surface area contributed by atoms with Crippen LogP contribution in [0.15, 0.2) is 31.9 Å². The van der Waals surface area contributed by atoms with Crippen LogP contribution < -0.4 is 5.63 Å². The Kier molecular flexibility index (Phi) is 5.26. The quantitative estimate of drug-likeness (QED) is 0.460. The summed E-state index contributed by atoms with van der Waals surface area (Å²) in [6.07, 6.45) is 3.15. The molecule has 0 fully saturated rings. The van der Waals surface area contributed by atoms with Crippen LogP contribution in [0, 0.1) is 13.8 Å². The SMILES string of the molecule is Cc1noc(C)c1CSCC(=O)OCc1cc(=O)oc2cc3c(cc12)CCC3. The van der Waals surface area contributed by atoms with E-state index in [0.717, 1.165) is 41.7 Å². The third-order valence-corrected chi connectivity index (χ3v) is 6.01. The summed E-state index contributed by atoms with van der Waals surface area (Å²) in [4.78, 5) is 24.0. The minimum absolute atomic E-state index is 0.0611. The summed E-state index contributed by atoms with van der Waals surface area (Å²) in [5.41, 5.74) is 5.19. The van der Waals surface area contributed by atoms with Gasteiger partial charge >= 0.3 is 11.6 Å². The molecule has 0 saturated heterocycles. The van der Waals surface area contributed by atoms with Crippen molar-refractivity contribution < 1.29 is 18.5 Å². The molecule has 1 aromatic carbocycles. The molecule has 0 aliphatic heterocycles. The summed E-state index contributed by atoms with van der Waals surface area (Å²) in [6, 6.07) is 5.42. The van der Waals surface area contributed by atoms with Crippen LogP contribution in [0.3, 0.4) is 0 Å². The van der Waals surface area contributed by atoms with E-state index in [9.17, 15) is 9.59 Å². The maximum absolute atomic E-state index is 12.1. The Morgan fingerprint density at radius 3 is 2.75 bits per heavy atom. The number of aromatic nitrogens is 1. The fourth-order valence-electron chi connectivity index (χ4n) is 3.56. The van der Waals surface area contributed by atoms with Gasteiger partial charge in [0.15, 0.2) is 0 Å². The Bertz CT molecular complexity index is 1080. The Morgan fingerprint density at radius 1 is 1.21 bits per heavy atom. The Morgan fingerprint density at radius 2 is 2.00 bits per heavy atom. The summed E-state index contributed by atoms with van der Waals surface area (Å²) in [6.45, 7) is 3.80. The highest BCUT2D eigenvalue weighted by Crippen LogP contribution is 2.29. The van der Waals surface area contributed by atoms with Crippen molar-refractivity contribution in [3.05, 3.63) is 62.3 Å². The molecule has 0 atom stereocenters. The summed E-state index contributed by atoms with van der Waals surface area (Å²) >= 11 is 1.45. The van der Waals surface area contributed by atoms with Gasteiger partial charge in [0.2, 0.25) is 0 Å². The highest BCUT2D eigenvalue weighted by atomic mass is 32.2. The van der Waals surface area contributed by atoms with E-state index in [1.807, 2.05) is 19.9 Å². The summed E-state index contributed by atoms with van der Waals surface area (Å²) in [7, 11) is 0. The molecule has 6 nitrogen and oxygen atoms in total. The lowest BCUT2D eigenvalue weighted by Crippen LogP contribution is -2.10. The van der Waals surface area contributed by atoms with Crippen LogP contribution in [0.5, 0.6) is 0 Å². The van der Waals surface area contributed by atoms with E-state index >= 15 is 0 Å². The molecule has 1 aliphatic carbocycles. The summed E-state index contributed by atoms with van der Waals surface area (Å²) < 4.78 is 15.9. The minimum Gasteiger partial charge on any atom is -0.460 e. The first-order valence-electron chi connectivity index (χ1n) is 9.25. The molecule has 3 aromatic rings. The molecule has 28 heavy (non-hydrogen) atoms. The number of benzene rings is 1. The van der Waals surface area contributed by atoms with Crippen molar-refractivity contribution >= 4 is 28.7 Å². The van der Waals surface area contributed by atoms with Gasteiger partial charge in [0, 0.05) is 28.3 Å². The molecule has 0 radical (unpaired) electrons. The number of carbonyl (C=O) groups excluding carboxylic acids is 1. The minimum atomic E-state index is -0.427. The maximum atomic E-state index is 12.1. The van der Waals surface area contributed by atoms with Crippen molar-refractivity contribution in [3.8, 4) is 0 Å². The van der Waals surface area contributed by atoms with Crippen LogP contribution in [-0.4, -0.2) is 16.9 Å². The fourth-order valence-corrected chi connectivity index (χ4v) is 4.53. The number of nitrogens with zero attached hydrogens (tertiary/aromatic N) is 1. The average molecular weight is 399 g/mol. The molecule has 4 rings (SSSR count). The monoisotopic (exact) mass is 399 g/mol. The molecular weight excluding hydrogens is 378 g/mol. The largest absolute Gasteiger partial charge is 0.460 e. The fraction of sp³-hybridized carbons (Fsp3) is 0.381. The third kappa shape index (κ3) is 3.85. The standard InChI is InChI=1S/C21H21NO5S/c1-12-18(13(2)27-22-12)10-28-11-21(24)25-9-16-8-20(23)26-19-7-15-5-3-4-14(15)6-17(16)19/h6-8H,3-5,9-11H2,1-2H3. The Balaban J connectivity index is 1.41. The summed E-state index contributed by atoms with van der Waals surface area (Å²) in [5, 5.41) is 4.75. The first kappa shape index (κ1) is 18.8. The van der Waals surface area contributed by atoms with Crippen LogP contribution >= 0.6 is 11.8 Å². The van der Waals surface area contributed by atoms with Crippen LogP contribution in [0.4, 0.5) is 0 Å². The second-order valence-corrected chi connectivity index (χ2v) is 8.00. The van der Waals surface area contributed by atoms with Gasteiger partial charge in [-0.2, -0.15) is 0 Å². The molecule has 2 aromatic heterocycles. The lowest BCUT2D eigenvalue weighted by Gasteiger charge is -2.09. The van der Waals surface area contributed by atoms with Gasteiger partial charge in [0.1, 0.15) is 18.0 Å². The first-order chi connectivity index (χ1) is 13.5. The van der Waals surface area contributed by atoms with Crippen molar-refractivity contribution in [2.75, 3.05) is 5.75 Å². The van der Waals surface area contributed by atoms with Gasteiger partial charge < -0.3 is 13.7 Å². The van der Waals surface area contributed by atoms with Crippen molar-refractivity contribution in [3.63, 3.8) is 0 Å². The van der Waals surface area contributed by atoms with Gasteiger partial charge in [-0.1, -0.05) is 5.16 Å². The third-order valence-electron chi connectivity index (χ3n) is 5.08. The number of hydrogen-bond donors (Lipinski definition) is 0. The lowest BCUT2D eigenvalue weighted by atomic mass is 10.0. The van der Waals surface area contributed by atoms with E-state index in [4.69, 9.17) is 13.7 Å². The van der Waals surface area contributed by atoms with Crippen LogP contribution in [0.2, 0.25) is 0 Å². The zero-order chi connectivity index (χ0) is 19.7. The van der Waals surface area contributed by atoms with E-state index in [1.54, 1.807) is 0 Å². The highest BCUT2D eigenvalue weighted by molar-refractivity contribution is 7.99. The number of aryl methyl sites for hydroxylation is 4. The Labute approximate surface area is 166 Å². The van der Waals surface area contributed by atoms with Crippen LogP contribution in [0.1, 0.15) is 40.1 Å². The number of thioether (sulfide) groups is 1. The number of rotatable bonds is 6. The number of fused-ring (bicyclic) bond motifs is 2. The molecular formula is C21H21NO5S. The molecule has 0 saturated carbocycles. The lowest BCUT2D eigenvalue weighted by molar-refractivity contribution is -0.141. The smallest absolute Gasteiger partial charge is 0.336 e. The van der Waals surface area contributed by atoms with E-state index in [0.29, 0.717) is 16.9 Å². The summed E-state index contributed by atoms with van der Waals surface area (Å²) in [5.74, 6) is 1.31. The number of ether oxygens (including phenoxy) is 1. The number of carbonyl (C=O) groups is 1. The van der Waals surface area contributed by atoms with E-state index in [2.05, 4.69) is 11.2 Å². The van der Waals surface area contributed by atoms with E-state index in [1.165, 1.54) is 29.0 Å². The molecule has 1 aliphatic rings.